The number of halogens is 4. The second kappa shape index (κ2) is 7.59. The van der Waals surface area contributed by atoms with Gasteiger partial charge < -0.3 is 5.32 Å². The van der Waals surface area contributed by atoms with Crippen molar-refractivity contribution in [2.45, 2.75) is 19.4 Å². The van der Waals surface area contributed by atoms with Crippen LogP contribution in [0.25, 0.3) is 0 Å². The summed E-state index contributed by atoms with van der Waals surface area (Å²) in [5.41, 5.74) is 1.57. The van der Waals surface area contributed by atoms with Gasteiger partial charge in [0.1, 0.15) is 5.82 Å². The summed E-state index contributed by atoms with van der Waals surface area (Å²) in [5, 5.41) is 4.52. The van der Waals surface area contributed by atoms with Crippen molar-refractivity contribution in [3.05, 3.63) is 67.9 Å². The van der Waals surface area contributed by atoms with Crippen LogP contribution in [0.1, 0.15) is 24.1 Å². The molecule has 1 nitrogen and oxygen atoms in total. The molecule has 0 aliphatic heterocycles. The molecule has 0 aliphatic rings. The zero-order valence-corrected chi connectivity index (χ0v) is 14.6. The Morgan fingerprint density at radius 2 is 1.95 bits per heavy atom. The van der Waals surface area contributed by atoms with Crippen LogP contribution in [0.3, 0.4) is 0 Å². The van der Waals surface area contributed by atoms with Crippen molar-refractivity contribution in [2.24, 2.45) is 0 Å². The Morgan fingerprint density at radius 1 is 1.19 bits per heavy atom. The van der Waals surface area contributed by atoms with E-state index in [0.717, 1.165) is 16.6 Å². The summed E-state index contributed by atoms with van der Waals surface area (Å²) in [4.78, 5) is 0. The molecule has 21 heavy (non-hydrogen) atoms. The maximum atomic E-state index is 14.0. The minimum Gasteiger partial charge on any atom is -0.310 e. The van der Waals surface area contributed by atoms with Crippen molar-refractivity contribution in [1.82, 2.24) is 5.32 Å². The minimum absolute atomic E-state index is 0.0598. The molecular formula is C16H15BrCl2FN. The molecule has 0 radical (unpaired) electrons. The number of rotatable bonds is 5. The van der Waals surface area contributed by atoms with Gasteiger partial charge in [-0.1, -0.05) is 58.2 Å². The van der Waals surface area contributed by atoms with E-state index in [2.05, 4.69) is 21.2 Å². The van der Waals surface area contributed by atoms with Gasteiger partial charge in [0, 0.05) is 20.6 Å². The lowest BCUT2D eigenvalue weighted by atomic mass is 9.98. The molecule has 0 saturated carbocycles. The molecule has 1 N–H and O–H groups in total. The Balaban J connectivity index is 2.30. The van der Waals surface area contributed by atoms with Crippen LogP contribution in [-0.2, 0) is 6.42 Å². The highest BCUT2D eigenvalue weighted by atomic mass is 79.9. The Labute approximate surface area is 142 Å². The number of hydrogen-bond acceptors (Lipinski definition) is 1. The molecule has 0 aromatic heterocycles. The third-order valence-corrected chi connectivity index (χ3v) is 4.28. The summed E-state index contributed by atoms with van der Waals surface area (Å²) in [6.45, 7) is 2.77. The van der Waals surface area contributed by atoms with Crippen LogP contribution < -0.4 is 5.32 Å². The normalized spacial score (nSPS) is 12.4. The van der Waals surface area contributed by atoms with Gasteiger partial charge in [-0.2, -0.15) is 0 Å². The van der Waals surface area contributed by atoms with Gasteiger partial charge in [-0.05, 0) is 48.4 Å². The Hall–Kier alpha value is -0.610. The number of hydrogen-bond donors (Lipinski definition) is 1. The highest BCUT2D eigenvalue weighted by Crippen LogP contribution is 2.29. The van der Waals surface area contributed by atoms with Gasteiger partial charge in [0.25, 0.3) is 0 Å². The first-order valence-electron chi connectivity index (χ1n) is 6.63. The number of nitrogens with one attached hydrogen (secondary N) is 1. The van der Waals surface area contributed by atoms with Crippen LogP contribution in [0.2, 0.25) is 10.0 Å². The Morgan fingerprint density at radius 3 is 2.57 bits per heavy atom. The lowest BCUT2D eigenvalue weighted by molar-refractivity contribution is 0.528. The van der Waals surface area contributed by atoms with Gasteiger partial charge in [-0.15, -0.1) is 0 Å². The minimum atomic E-state index is -0.225. The molecule has 2 aromatic carbocycles. The van der Waals surface area contributed by atoms with Gasteiger partial charge in [0.15, 0.2) is 0 Å². The average molecular weight is 391 g/mol. The SMILES string of the molecule is CCNC(Cc1ccc(Br)cc1F)c1ccc(Cl)cc1Cl. The fourth-order valence-electron chi connectivity index (χ4n) is 2.23. The highest BCUT2D eigenvalue weighted by Gasteiger charge is 2.16. The van der Waals surface area contributed by atoms with E-state index in [1.54, 1.807) is 18.2 Å². The van der Waals surface area contributed by atoms with Crippen molar-refractivity contribution in [2.75, 3.05) is 6.54 Å². The fourth-order valence-corrected chi connectivity index (χ4v) is 3.10. The van der Waals surface area contributed by atoms with E-state index in [0.29, 0.717) is 22.0 Å². The third-order valence-electron chi connectivity index (χ3n) is 3.23. The molecule has 0 fully saturated rings. The number of likely N-dealkylation sites (N-methyl/N-ethyl adjacent to an activating group) is 1. The van der Waals surface area contributed by atoms with E-state index in [4.69, 9.17) is 23.2 Å². The molecule has 0 bridgehead atoms. The largest absolute Gasteiger partial charge is 0.310 e. The molecular weight excluding hydrogens is 376 g/mol. The molecule has 5 heteroatoms. The monoisotopic (exact) mass is 389 g/mol. The highest BCUT2D eigenvalue weighted by molar-refractivity contribution is 9.10. The standard InChI is InChI=1S/C16H15BrCl2FN/c1-2-21-16(13-6-5-12(18)9-14(13)19)7-10-3-4-11(17)8-15(10)20/h3-6,8-9,16,21H,2,7H2,1H3. The molecule has 0 heterocycles. The molecule has 2 rings (SSSR count). The van der Waals surface area contributed by atoms with Gasteiger partial charge in [-0.25, -0.2) is 4.39 Å². The lowest BCUT2D eigenvalue weighted by Crippen LogP contribution is -2.23. The summed E-state index contributed by atoms with van der Waals surface area (Å²) in [5.74, 6) is -0.225. The Bertz CT molecular complexity index is 634. The van der Waals surface area contributed by atoms with Crippen LogP contribution >= 0.6 is 39.1 Å². The van der Waals surface area contributed by atoms with Gasteiger partial charge in [-0.3, -0.25) is 0 Å². The van der Waals surface area contributed by atoms with Gasteiger partial charge >= 0.3 is 0 Å². The summed E-state index contributed by atoms with van der Waals surface area (Å²) < 4.78 is 14.7. The fraction of sp³-hybridized carbons (Fsp3) is 0.250. The van der Waals surface area contributed by atoms with Crippen molar-refractivity contribution >= 4 is 39.1 Å². The van der Waals surface area contributed by atoms with Crippen molar-refractivity contribution in [1.29, 1.82) is 0 Å². The van der Waals surface area contributed by atoms with E-state index in [1.165, 1.54) is 6.07 Å². The van der Waals surface area contributed by atoms with Crippen molar-refractivity contribution < 1.29 is 4.39 Å². The summed E-state index contributed by atoms with van der Waals surface area (Å²) in [6, 6.07) is 10.4. The van der Waals surface area contributed by atoms with Gasteiger partial charge in [0.05, 0.1) is 0 Å². The first-order valence-corrected chi connectivity index (χ1v) is 8.18. The maximum Gasteiger partial charge on any atom is 0.127 e. The predicted octanol–water partition coefficient (Wildman–Crippen LogP) is 5.79. The van der Waals surface area contributed by atoms with E-state index in [9.17, 15) is 4.39 Å². The van der Waals surface area contributed by atoms with Crippen LogP contribution in [-0.4, -0.2) is 6.54 Å². The van der Waals surface area contributed by atoms with E-state index in [-0.39, 0.29) is 11.9 Å². The molecule has 1 atom stereocenters. The summed E-state index contributed by atoms with van der Waals surface area (Å²) in [6.07, 6.45) is 0.522. The molecule has 0 aliphatic carbocycles. The second-order valence-electron chi connectivity index (χ2n) is 4.72. The topological polar surface area (TPSA) is 12.0 Å². The van der Waals surface area contributed by atoms with Crippen molar-refractivity contribution in [3.8, 4) is 0 Å². The van der Waals surface area contributed by atoms with Crippen LogP contribution in [0, 0.1) is 5.82 Å². The third kappa shape index (κ3) is 4.43. The summed E-state index contributed by atoms with van der Waals surface area (Å²) in [7, 11) is 0. The molecule has 0 saturated heterocycles. The van der Waals surface area contributed by atoms with Crippen LogP contribution in [0.4, 0.5) is 4.39 Å². The quantitative estimate of drug-likeness (QED) is 0.681. The maximum absolute atomic E-state index is 14.0. The van der Waals surface area contributed by atoms with E-state index < -0.39 is 0 Å². The van der Waals surface area contributed by atoms with Crippen LogP contribution in [0.15, 0.2) is 40.9 Å². The van der Waals surface area contributed by atoms with E-state index in [1.807, 2.05) is 19.1 Å². The first kappa shape index (κ1) is 16.8. The summed E-state index contributed by atoms with van der Waals surface area (Å²) >= 11 is 15.5. The zero-order chi connectivity index (χ0) is 15.4. The lowest BCUT2D eigenvalue weighted by Gasteiger charge is -2.20. The van der Waals surface area contributed by atoms with E-state index >= 15 is 0 Å². The average Bonchev–Trinajstić information content (AvgIpc) is 2.41. The van der Waals surface area contributed by atoms with Gasteiger partial charge in [0.2, 0.25) is 0 Å². The molecule has 112 valence electrons. The smallest absolute Gasteiger partial charge is 0.127 e. The van der Waals surface area contributed by atoms with Crippen molar-refractivity contribution in [3.63, 3.8) is 0 Å². The first-order chi connectivity index (χ1) is 10.0. The Kier molecular flexibility index (Phi) is 6.06. The predicted molar refractivity (Wildman–Crippen MR) is 90.7 cm³/mol. The van der Waals surface area contributed by atoms with Crippen LogP contribution in [0.5, 0.6) is 0 Å². The number of benzene rings is 2. The molecule has 0 spiro atoms. The zero-order valence-electron chi connectivity index (χ0n) is 11.5. The second-order valence-corrected chi connectivity index (χ2v) is 6.48. The molecule has 2 aromatic rings. The molecule has 1 unspecified atom stereocenters. The molecule has 0 amide bonds.